The smallest absolute Gasteiger partial charge is 0.259 e. The van der Waals surface area contributed by atoms with E-state index in [-0.39, 0.29) is 11.3 Å². The monoisotopic (exact) mass is 613 g/mol. The first-order valence-corrected chi connectivity index (χ1v) is 15.8. The quantitative estimate of drug-likeness (QED) is 0.190. The SMILES string of the molecule is CC(C)(C)[C@@H]1CCc2c(sc(N=Cc3cn(Cc4ccc(Cl)cc4Cl)c4ccccc34)c2C(=O)Nc2ccccc2)C1. The van der Waals surface area contributed by atoms with Crippen LogP contribution in [0.3, 0.4) is 0 Å². The lowest BCUT2D eigenvalue weighted by atomic mass is 9.72. The van der Waals surface area contributed by atoms with Gasteiger partial charge in [0.1, 0.15) is 5.00 Å². The normalized spacial score (nSPS) is 15.3. The number of amides is 1. The third kappa shape index (κ3) is 5.92. The number of halogens is 2. The second kappa shape index (κ2) is 11.7. The van der Waals surface area contributed by atoms with Crippen LogP contribution in [0.5, 0.6) is 0 Å². The highest BCUT2D eigenvalue weighted by Gasteiger charge is 2.33. The number of carbonyl (C=O) groups is 1. The van der Waals surface area contributed by atoms with E-state index in [0.29, 0.717) is 28.1 Å². The maximum absolute atomic E-state index is 13.7. The van der Waals surface area contributed by atoms with Crippen LogP contribution in [-0.4, -0.2) is 16.7 Å². The molecular formula is C35H33Cl2N3OS. The van der Waals surface area contributed by atoms with Gasteiger partial charge >= 0.3 is 0 Å². The van der Waals surface area contributed by atoms with E-state index < -0.39 is 0 Å². The Bertz CT molecular complexity index is 1800. The standard InChI is InChI=1S/C35H33Cl2N3OS/c1-35(2,3)24-14-16-28-31(17-24)42-34(32(28)33(41)39-26-9-5-4-6-10-26)38-19-23-21-40(30-12-8-7-11-27(23)30)20-22-13-15-25(36)18-29(22)37/h4-13,15,18-19,21,24H,14,16-17,20H2,1-3H3,(H,39,41)/t24-/m1/s1. The summed E-state index contributed by atoms with van der Waals surface area (Å²) < 4.78 is 2.18. The van der Waals surface area contributed by atoms with E-state index >= 15 is 0 Å². The third-order valence-electron chi connectivity index (χ3n) is 8.23. The molecule has 3 aromatic carbocycles. The first-order valence-electron chi connectivity index (χ1n) is 14.2. The Morgan fingerprint density at radius 3 is 2.60 bits per heavy atom. The summed E-state index contributed by atoms with van der Waals surface area (Å²) in [6.45, 7) is 7.54. The van der Waals surface area contributed by atoms with Crippen molar-refractivity contribution >= 4 is 68.3 Å². The van der Waals surface area contributed by atoms with Crippen molar-refractivity contribution in [3.8, 4) is 0 Å². The van der Waals surface area contributed by atoms with E-state index in [1.165, 1.54) is 4.88 Å². The largest absolute Gasteiger partial charge is 0.342 e. The number of aliphatic imine (C=N–C) groups is 1. The Morgan fingerprint density at radius 2 is 1.83 bits per heavy atom. The first-order chi connectivity index (χ1) is 20.2. The van der Waals surface area contributed by atoms with Crippen molar-refractivity contribution in [3.05, 3.63) is 116 Å². The van der Waals surface area contributed by atoms with Crippen LogP contribution in [0.1, 0.15) is 59.1 Å². The van der Waals surface area contributed by atoms with Crippen molar-refractivity contribution in [2.45, 2.75) is 46.6 Å². The van der Waals surface area contributed by atoms with Gasteiger partial charge in [-0.1, -0.05) is 86.4 Å². The lowest BCUT2D eigenvalue weighted by Crippen LogP contribution is -2.27. The number of fused-ring (bicyclic) bond motifs is 2. The molecule has 1 atom stereocenters. The Hall–Kier alpha value is -3.38. The van der Waals surface area contributed by atoms with E-state index in [9.17, 15) is 4.79 Å². The van der Waals surface area contributed by atoms with Crippen LogP contribution in [0, 0.1) is 11.3 Å². The number of anilines is 1. The number of carbonyl (C=O) groups excluding carboxylic acids is 1. The van der Waals surface area contributed by atoms with Crippen molar-refractivity contribution in [2.75, 3.05) is 5.32 Å². The van der Waals surface area contributed by atoms with E-state index in [2.05, 4.69) is 49.0 Å². The van der Waals surface area contributed by atoms with E-state index in [4.69, 9.17) is 28.2 Å². The van der Waals surface area contributed by atoms with Gasteiger partial charge in [0.2, 0.25) is 0 Å². The zero-order valence-electron chi connectivity index (χ0n) is 24.0. The predicted octanol–water partition coefficient (Wildman–Crippen LogP) is 10.2. The Kier molecular flexibility index (Phi) is 8.01. The van der Waals surface area contributed by atoms with E-state index in [0.717, 1.165) is 57.5 Å². The average molecular weight is 615 g/mol. The number of nitrogens with one attached hydrogen (secondary N) is 1. The van der Waals surface area contributed by atoms with Crippen molar-refractivity contribution in [3.63, 3.8) is 0 Å². The van der Waals surface area contributed by atoms with Gasteiger partial charge in [0, 0.05) is 56.0 Å². The third-order valence-corrected chi connectivity index (χ3v) is 9.98. The fourth-order valence-corrected chi connectivity index (χ4v) is 7.56. The molecule has 0 saturated carbocycles. The summed E-state index contributed by atoms with van der Waals surface area (Å²) in [7, 11) is 0. The number of nitrogens with zero attached hydrogens (tertiary/aromatic N) is 2. The molecule has 6 rings (SSSR count). The molecule has 0 radical (unpaired) electrons. The molecule has 2 heterocycles. The summed E-state index contributed by atoms with van der Waals surface area (Å²) in [5, 5.41) is 6.23. The van der Waals surface area contributed by atoms with Gasteiger partial charge < -0.3 is 9.88 Å². The van der Waals surface area contributed by atoms with Crippen LogP contribution in [-0.2, 0) is 19.4 Å². The zero-order chi connectivity index (χ0) is 29.4. The van der Waals surface area contributed by atoms with Crippen LogP contribution in [0.15, 0.2) is 84.0 Å². The maximum Gasteiger partial charge on any atom is 0.259 e. The molecule has 0 aliphatic heterocycles. The van der Waals surface area contributed by atoms with Gasteiger partial charge in [-0.3, -0.25) is 4.79 Å². The number of hydrogen-bond acceptors (Lipinski definition) is 3. The molecule has 1 aliphatic rings. The Balaban J connectivity index is 1.38. The molecular weight excluding hydrogens is 581 g/mol. The van der Waals surface area contributed by atoms with Gasteiger partial charge in [0.15, 0.2) is 0 Å². The molecule has 7 heteroatoms. The Labute approximate surface area is 261 Å². The minimum Gasteiger partial charge on any atom is -0.342 e. The minimum absolute atomic E-state index is 0.0973. The molecule has 1 N–H and O–H groups in total. The highest BCUT2D eigenvalue weighted by atomic mass is 35.5. The van der Waals surface area contributed by atoms with Crippen LogP contribution < -0.4 is 5.32 Å². The first kappa shape index (κ1) is 28.7. The molecule has 0 bridgehead atoms. The van der Waals surface area contributed by atoms with Crippen LogP contribution in [0.4, 0.5) is 10.7 Å². The minimum atomic E-state index is -0.0973. The molecule has 1 aliphatic carbocycles. The highest BCUT2D eigenvalue weighted by molar-refractivity contribution is 7.16. The fourth-order valence-electron chi connectivity index (χ4n) is 5.82. The highest BCUT2D eigenvalue weighted by Crippen LogP contribution is 2.45. The summed E-state index contributed by atoms with van der Waals surface area (Å²) in [5.74, 6) is 0.475. The molecule has 42 heavy (non-hydrogen) atoms. The molecule has 5 aromatic rings. The van der Waals surface area contributed by atoms with Gasteiger partial charge in [-0.15, -0.1) is 11.3 Å². The molecule has 0 unspecified atom stereocenters. The van der Waals surface area contributed by atoms with E-state index in [1.807, 2.05) is 60.8 Å². The van der Waals surface area contributed by atoms with Gasteiger partial charge in [0.25, 0.3) is 5.91 Å². The summed E-state index contributed by atoms with van der Waals surface area (Å²) in [6, 6.07) is 23.5. The number of benzene rings is 3. The average Bonchev–Trinajstić information content (AvgIpc) is 3.51. The van der Waals surface area contributed by atoms with Crippen LogP contribution >= 0.6 is 34.5 Å². The molecule has 1 amide bonds. The summed E-state index contributed by atoms with van der Waals surface area (Å²) >= 11 is 14.3. The van der Waals surface area contributed by atoms with Crippen LogP contribution in [0.2, 0.25) is 10.0 Å². The zero-order valence-corrected chi connectivity index (χ0v) is 26.3. The molecule has 214 valence electrons. The number of aromatic nitrogens is 1. The van der Waals surface area contributed by atoms with Crippen molar-refractivity contribution in [2.24, 2.45) is 16.3 Å². The number of rotatable bonds is 6. The van der Waals surface area contributed by atoms with Gasteiger partial charge in [0.05, 0.1) is 5.56 Å². The molecule has 0 fully saturated rings. The molecule has 2 aromatic heterocycles. The molecule has 0 saturated heterocycles. The summed E-state index contributed by atoms with van der Waals surface area (Å²) in [6.07, 6.45) is 6.95. The summed E-state index contributed by atoms with van der Waals surface area (Å²) in [5.41, 5.74) is 5.93. The van der Waals surface area contributed by atoms with Crippen molar-refractivity contribution in [1.82, 2.24) is 4.57 Å². The van der Waals surface area contributed by atoms with Crippen molar-refractivity contribution in [1.29, 1.82) is 0 Å². The summed E-state index contributed by atoms with van der Waals surface area (Å²) in [4.78, 5) is 20.0. The van der Waals surface area contributed by atoms with Gasteiger partial charge in [-0.25, -0.2) is 4.99 Å². The topological polar surface area (TPSA) is 46.4 Å². The molecule has 4 nitrogen and oxygen atoms in total. The number of para-hydroxylation sites is 2. The maximum atomic E-state index is 13.7. The number of hydrogen-bond donors (Lipinski definition) is 1. The number of thiophene rings is 1. The Morgan fingerprint density at radius 1 is 1.07 bits per heavy atom. The lowest BCUT2D eigenvalue weighted by Gasteiger charge is -2.33. The second-order valence-corrected chi connectivity index (χ2v) is 14.0. The molecule has 0 spiro atoms. The van der Waals surface area contributed by atoms with Gasteiger partial charge in [-0.05, 0) is 72.1 Å². The van der Waals surface area contributed by atoms with E-state index in [1.54, 1.807) is 17.4 Å². The second-order valence-electron chi connectivity index (χ2n) is 12.0. The van der Waals surface area contributed by atoms with Crippen molar-refractivity contribution < 1.29 is 4.79 Å². The lowest BCUT2D eigenvalue weighted by molar-refractivity contribution is 0.102. The predicted molar refractivity (Wildman–Crippen MR) is 178 cm³/mol. The van der Waals surface area contributed by atoms with Crippen LogP contribution in [0.25, 0.3) is 10.9 Å². The van der Waals surface area contributed by atoms with Gasteiger partial charge in [-0.2, -0.15) is 0 Å². The fraction of sp³-hybridized carbons (Fsp3) is 0.257.